The molecule has 10 heavy (non-hydrogen) atoms. The first-order valence-corrected chi connectivity index (χ1v) is 3.79. The van der Waals surface area contributed by atoms with E-state index in [1.807, 2.05) is 6.92 Å². The van der Waals surface area contributed by atoms with Gasteiger partial charge in [0.05, 0.1) is 0 Å². The highest BCUT2D eigenvalue weighted by Crippen LogP contribution is 2.33. The fourth-order valence-electron chi connectivity index (χ4n) is 1.29. The van der Waals surface area contributed by atoms with Crippen LogP contribution in [0.2, 0.25) is 0 Å². The summed E-state index contributed by atoms with van der Waals surface area (Å²) in [6.45, 7) is 2.26. The van der Waals surface area contributed by atoms with E-state index in [0.717, 1.165) is 12.8 Å². The van der Waals surface area contributed by atoms with Crippen molar-refractivity contribution in [3.8, 4) is 0 Å². The smallest absolute Gasteiger partial charge is 0.132 e. The van der Waals surface area contributed by atoms with Crippen molar-refractivity contribution in [2.24, 2.45) is 5.41 Å². The quantitative estimate of drug-likeness (QED) is 0.596. The third-order valence-corrected chi connectivity index (χ3v) is 2.40. The van der Waals surface area contributed by atoms with Crippen LogP contribution in [0.25, 0.3) is 0 Å². The van der Waals surface area contributed by atoms with Gasteiger partial charge in [-0.25, -0.2) is 0 Å². The minimum atomic E-state index is 0.0356. The van der Waals surface area contributed by atoms with E-state index in [4.69, 9.17) is 5.11 Å². The SMILES string of the molecule is CC1(CO)CCC(=O)CC1. The average Bonchev–Trinajstić information content (AvgIpc) is 1.96. The molecule has 1 aliphatic carbocycles. The largest absolute Gasteiger partial charge is 0.396 e. The van der Waals surface area contributed by atoms with Gasteiger partial charge in [0, 0.05) is 19.4 Å². The minimum Gasteiger partial charge on any atom is -0.396 e. The number of carbonyl (C=O) groups excluding carboxylic acids is 1. The molecule has 0 aromatic carbocycles. The highest BCUT2D eigenvalue weighted by atomic mass is 16.3. The molecule has 0 amide bonds. The maximum Gasteiger partial charge on any atom is 0.132 e. The Morgan fingerprint density at radius 2 is 2.00 bits per heavy atom. The maximum atomic E-state index is 10.8. The number of aliphatic hydroxyl groups is 1. The van der Waals surface area contributed by atoms with Crippen LogP contribution in [0.3, 0.4) is 0 Å². The summed E-state index contributed by atoms with van der Waals surface area (Å²) in [5.74, 6) is 0.353. The monoisotopic (exact) mass is 142 g/mol. The second-order valence-corrected chi connectivity index (χ2v) is 3.51. The summed E-state index contributed by atoms with van der Waals surface area (Å²) in [6.07, 6.45) is 3.05. The van der Waals surface area contributed by atoms with E-state index in [0.29, 0.717) is 18.6 Å². The Bertz CT molecular complexity index is 130. The number of aliphatic hydroxyl groups excluding tert-OH is 1. The molecule has 1 aliphatic rings. The van der Waals surface area contributed by atoms with Crippen molar-refractivity contribution in [3.05, 3.63) is 0 Å². The second-order valence-electron chi connectivity index (χ2n) is 3.51. The third kappa shape index (κ3) is 1.57. The van der Waals surface area contributed by atoms with Gasteiger partial charge >= 0.3 is 0 Å². The van der Waals surface area contributed by atoms with E-state index in [9.17, 15) is 4.79 Å². The molecule has 0 heterocycles. The molecule has 0 unspecified atom stereocenters. The first kappa shape index (κ1) is 7.73. The summed E-state index contributed by atoms with van der Waals surface area (Å²) in [4.78, 5) is 10.8. The summed E-state index contributed by atoms with van der Waals surface area (Å²) in [6, 6.07) is 0. The number of hydrogen-bond acceptors (Lipinski definition) is 2. The molecule has 0 aromatic heterocycles. The van der Waals surface area contributed by atoms with Gasteiger partial charge in [-0.15, -0.1) is 0 Å². The van der Waals surface area contributed by atoms with Gasteiger partial charge in [0.15, 0.2) is 0 Å². The van der Waals surface area contributed by atoms with Crippen LogP contribution in [0, 0.1) is 5.41 Å². The Labute approximate surface area is 61.2 Å². The summed E-state index contributed by atoms with van der Waals surface area (Å²) in [7, 11) is 0. The van der Waals surface area contributed by atoms with Crippen LogP contribution in [0.4, 0.5) is 0 Å². The van der Waals surface area contributed by atoms with Crippen LogP contribution in [-0.4, -0.2) is 17.5 Å². The highest BCUT2D eigenvalue weighted by Gasteiger charge is 2.28. The summed E-state index contributed by atoms with van der Waals surface area (Å²) < 4.78 is 0. The molecular weight excluding hydrogens is 128 g/mol. The van der Waals surface area contributed by atoms with Crippen molar-refractivity contribution in [1.82, 2.24) is 0 Å². The van der Waals surface area contributed by atoms with E-state index in [2.05, 4.69) is 0 Å². The van der Waals surface area contributed by atoms with Gasteiger partial charge in [-0.1, -0.05) is 6.92 Å². The van der Waals surface area contributed by atoms with E-state index < -0.39 is 0 Å². The van der Waals surface area contributed by atoms with Crippen molar-refractivity contribution in [2.45, 2.75) is 32.6 Å². The van der Waals surface area contributed by atoms with Crippen molar-refractivity contribution in [2.75, 3.05) is 6.61 Å². The number of rotatable bonds is 1. The molecule has 1 rings (SSSR count). The Balaban J connectivity index is 2.46. The lowest BCUT2D eigenvalue weighted by Gasteiger charge is -2.30. The molecule has 0 bridgehead atoms. The molecule has 0 spiro atoms. The first-order valence-electron chi connectivity index (χ1n) is 3.79. The minimum absolute atomic E-state index is 0.0356. The first-order chi connectivity index (χ1) is 4.66. The molecule has 58 valence electrons. The van der Waals surface area contributed by atoms with Crippen molar-refractivity contribution in [3.63, 3.8) is 0 Å². The fraction of sp³-hybridized carbons (Fsp3) is 0.875. The Morgan fingerprint density at radius 3 is 2.40 bits per heavy atom. The number of carbonyl (C=O) groups is 1. The van der Waals surface area contributed by atoms with Gasteiger partial charge in [0.2, 0.25) is 0 Å². The lowest BCUT2D eigenvalue weighted by molar-refractivity contribution is -0.122. The summed E-state index contributed by atoms with van der Waals surface area (Å²) >= 11 is 0. The van der Waals surface area contributed by atoms with Gasteiger partial charge in [0.25, 0.3) is 0 Å². The van der Waals surface area contributed by atoms with Crippen molar-refractivity contribution >= 4 is 5.78 Å². The number of hydrogen-bond donors (Lipinski definition) is 1. The predicted molar refractivity (Wildman–Crippen MR) is 38.7 cm³/mol. The zero-order valence-electron chi connectivity index (χ0n) is 6.39. The van der Waals surface area contributed by atoms with Gasteiger partial charge in [-0.3, -0.25) is 4.79 Å². The molecule has 0 radical (unpaired) electrons. The molecule has 0 atom stereocenters. The van der Waals surface area contributed by atoms with E-state index in [1.165, 1.54) is 0 Å². The van der Waals surface area contributed by atoms with Crippen LogP contribution in [-0.2, 0) is 4.79 Å². The zero-order chi connectivity index (χ0) is 7.61. The topological polar surface area (TPSA) is 37.3 Å². The molecular formula is C8H14O2. The zero-order valence-corrected chi connectivity index (χ0v) is 6.39. The molecule has 2 nitrogen and oxygen atoms in total. The third-order valence-electron chi connectivity index (χ3n) is 2.40. The van der Waals surface area contributed by atoms with Crippen LogP contribution in [0.5, 0.6) is 0 Å². The Hall–Kier alpha value is -0.370. The van der Waals surface area contributed by atoms with Gasteiger partial charge in [-0.2, -0.15) is 0 Å². The van der Waals surface area contributed by atoms with Crippen LogP contribution in [0.1, 0.15) is 32.6 Å². The predicted octanol–water partition coefficient (Wildman–Crippen LogP) is 1.13. The van der Waals surface area contributed by atoms with Crippen molar-refractivity contribution in [1.29, 1.82) is 0 Å². The molecule has 1 fully saturated rings. The van der Waals surface area contributed by atoms with Crippen LogP contribution >= 0.6 is 0 Å². The summed E-state index contributed by atoms with van der Waals surface area (Å²) in [5, 5.41) is 8.93. The fourth-order valence-corrected chi connectivity index (χ4v) is 1.29. The number of ketones is 1. The van der Waals surface area contributed by atoms with Gasteiger partial charge in [-0.05, 0) is 18.3 Å². The van der Waals surface area contributed by atoms with E-state index >= 15 is 0 Å². The van der Waals surface area contributed by atoms with E-state index in [-0.39, 0.29) is 12.0 Å². The molecule has 1 saturated carbocycles. The maximum absolute atomic E-state index is 10.8. The van der Waals surface area contributed by atoms with Crippen LogP contribution in [0.15, 0.2) is 0 Å². The summed E-state index contributed by atoms with van der Waals surface area (Å²) in [5.41, 5.74) is 0.0356. The second kappa shape index (κ2) is 2.70. The molecule has 0 saturated heterocycles. The lowest BCUT2D eigenvalue weighted by atomic mass is 9.76. The van der Waals surface area contributed by atoms with Crippen molar-refractivity contribution < 1.29 is 9.90 Å². The molecule has 2 heteroatoms. The van der Waals surface area contributed by atoms with Gasteiger partial charge in [0.1, 0.15) is 5.78 Å². The Kier molecular flexibility index (Phi) is 2.09. The standard InChI is InChI=1S/C8H14O2/c1-8(6-9)4-2-7(10)3-5-8/h9H,2-6H2,1H3. The molecule has 0 aliphatic heterocycles. The normalized spacial score (nSPS) is 24.8. The highest BCUT2D eigenvalue weighted by molar-refractivity contribution is 5.79. The van der Waals surface area contributed by atoms with E-state index in [1.54, 1.807) is 0 Å². The lowest BCUT2D eigenvalue weighted by Crippen LogP contribution is -2.27. The number of Topliss-reactive ketones (excluding diaryl/α,β-unsaturated/α-hetero) is 1. The molecule has 0 aromatic rings. The van der Waals surface area contributed by atoms with Gasteiger partial charge < -0.3 is 5.11 Å². The Morgan fingerprint density at radius 1 is 1.50 bits per heavy atom. The van der Waals surface area contributed by atoms with Crippen LogP contribution < -0.4 is 0 Å². The average molecular weight is 142 g/mol. The molecule has 1 N–H and O–H groups in total.